The summed E-state index contributed by atoms with van der Waals surface area (Å²) in [5.74, 6) is -0.410. The molecule has 0 radical (unpaired) electrons. The van der Waals surface area contributed by atoms with Crippen molar-refractivity contribution in [1.29, 1.82) is 0 Å². The molecule has 3 rings (SSSR count). The number of sulfonamides is 1. The second-order valence-corrected chi connectivity index (χ2v) is 12.7. The van der Waals surface area contributed by atoms with Gasteiger partial charge in [-0.2, -0.15) is 0 Å². The van der Waals surface area contributed by atoms with E-state index in [-0.39, 0.29) is 43.8 Å². The molecule has 38 heavy (non-hydrogen) atoms. The summed E-state index contributed by atoms with van der Waals surface area (Å²) in [5.41, 5.74) is 1.96. The van der Waals surface area contributed by atoms with Gasteiger partial charge < -0.3 is 10.2 Å². The van der Waals surface area contributed by atoms with Crippen molar-refractivity contribution in [2.75, 3.05) is 17.1 Å². The molecule has 1 N–H and O–H groups in total. The van der Waals surface area contributed by atoms with E-state index >= 15 is 0 Å². The van der Waals surface area contributed by atoms with E-state index in [2.05, 4.69) is 5.32 Å². The van der Waals surface area contributed by atoms with Crippen molar-refractivity contribution in [3.05, 3.63) is 63.6 Å². The highest BCUT2D eigenvalue weighted by Gasteiger charge is 2.28. The van der Waals surface area contributed by atoms with Crippen LogP contribution in [0.25, 0.3) is 0 Å². The molecule has 208 valence electrons. The second kappa shape index (κ2) is 13.7. The number of nitrogens with one attached hydrogen (secondary N) is 1. The predicted molar refractivity (Wildman–Crippen MR) is 154 cm³/mol. The minimum absolute atomic E-state index is 0.0766. The number of hydrogen-bond acceptors (Lipinski definition) is 4. The van der Waals surface area contributed by atoms with Gasteiger partial charge in [-0.05, 0) is 68.5 Å². The molecule has 1 atom stereocenters. The fraction of sp³-hybridized carbons (Fsp3) is 0.500. The summed E-state index contributed by atoms with van der Waals surface area (Å²) in [5, 5.41) is 4.14. The lowest BCUT2D eigenvalue weighted by molar-refractivity contribution is -0.141. The summed E-state index contributed by atoms with van der Waals surface area (Å²) in [6.45, 7) is 3.83. The Morgan fingerprint density at radius 2 is 1.76 bits per heavy atom. The van der Waals surface area contributed by atoms with Gasteiger partial charge in [-0.3, -0.25) is 13.9 Å². The van der Waals surface area contributed by atoms with Gasteiger partial charge in [-0.1, -0.05) is 60.7 Å². The lowest BCUT2D eigenvalue weighted by Gasteiger charge is -2.31. The SMILES string of the molecule is Cc1c(Cl)cccc1N(CCCC(=O)N(Cc1cccc(Cl)c1)[C@@H](C)C(=O)NC1CCCCC1)S(C)(=O)=O. The topological polar surface area (TPSA) is 86.8 Å². The van der Waals surface area contributed by atoms with Crippen LogP contribution in [0, 0.1) is 6.92 Å². The Kier molecular flexibility index (Phi) is 10.9. The highest BCUT2D eigenvalue weighted by Crippen LogP contribution is 2.28. The Morgan fingerprint density at radius 1 is 1.08 bits per heavy atom. The molecule has 1 saturated carbocycles. The first kappa shape index (κ1) is 30.3. The van der Waals surface area contributed by atoms with Crippen LogP contribution in [0.3, 0.4) is 0 Å². The van der Waals surface area contributed by atoms with Crippen LogP contribution in [0.4, 0.5) is 5.69 Å². The number of carbonyl (C=O) groups is 2. The number of nitrogens with zero attached hydrogens (tertiary/aromatic N) is 2. The van der Waals surface area contributed by atoms with Gasteiger partial charge in [0.05, 0.1) is 11.9 Å². The van der Waals surface area contributed by atoms with E-state index in [1.807, 2.05) is 12.1 Å². The van der Waals surface area contributed by atoms with Crippen molar-refractivity contribution in [2.45, 2.75) is 77.4 Å². The molecule has 2 aromatic rings. The lowest BCUT2D eigenvalue weighted by atomic mass is 9.95. The number of carbonyl (C=O) groups excluding carboxylic acids is 2. The molecule has 7 nitrogen and oxygen atoms in total. The summed E-state index contributed by atoms with van der Waals surface area (Å²) < 4.78 is 26.5. The highest BCUT2D eigenvalue weighted by atomic mass is 35.5. The molecule has 2 amide bonds. The van der Waals surface area contributed by atoms with E-state index in [1.54, 1.807) is 49.1 Å². The average molecular weight is 583 g/mol. The van der Waals surface area contributed by atoms with Crippen LogP contribution in [0.5, 0.6) is 0 Å². The van der Waals surface area contributed by atoms with E-state index in [0.717, 1.165) is 37.5 Å². The standard InChI is InChI=1S/C28H37Cl2N3O4S/c1-20-25(30)14-8-15-26(20)33(38(3,36)37)17-9-16-27(34)32(19-22-10-7-11-23(29)18-22)21(2)28(35)31-24-12-5-4-6-13-24/h7-8,10-11,14-15,18,21,24H,4-6,9,12-13,16-17,19H2,1-3H3,(H,31,35)/t21-/m0/s1. The van der Waals surface area contributed by atoms with Crippen molar-refractivity contribution in [3.63, 3.8) is 0 Å². The van der Waals surface area contributed by atoms with Gasteiger partial charge in [0, 0.05) is 35.6 Å². The van der Waals surface area contributed by atoms with Gasteiger partial charge in [-0.25, -0.2) is 8.42 Å². The molecule has 1 aliphatic rings. The van der Waals surface area contributed by atoms with E-state index in [9.17, 15) is 18.0 Å². The molecular weight excluding hydrogens is 545 g/mol. The van der Waals surface area contributed by atoms with Crippen LogP contribution in [0.15, 0.2) is 42.5 Å². The Hall–Kier alpha value is -2.29. The van der Waals surface area contributed by atoms with E-state index < -0.39 is 16.1 Å². The smallest absolute Gasteiger partial charge is 0.242 e. The zero-order valence-electron chi connectivity index (χ0n) is 22.3. The molecule has 0 unspecified atom stereocenters. The van der Waals surface area contributed by atoms with E-state index in [0.29, 0.717) is 21.3 Å². The van der Waals surface area contributed by atoms with Gasteiger partial charge in [0.15, 0.2) is 0 Å². The molecule has 0 aromatic heterocycles. The largest absolute Gasteiger partial charge is 0.352 e. The summed E-state index contributed by atoms with van der Waals surface area (Å²) in [4.78, 5) is 28.2. The number of rotatable bonds is 11. The van der Waals surface area contributed by atoms with Gasteiger partial charge in [-0.15, -0.1) is 0 Å². The first-order valence-electron chi connectivity index (χ1n) is 13.0. The molecule has 0 heterocycles. The molecule has 2 aromatic carbocycles. The normalized spacial score (nSPS) is 15.1. The Morgan fingerprint density at radius 3 is 2.42 bits per heavy atom. The molecule has 1 fully saturated rings. The van der Waals surface area contributed by atoms with Gasteiger partial charge in [0.1, 0.15) is 6.04 Å². The maximum atomic E-state index is 13.5. The highest BCUT2D eigenvalue weighted by molar-refractivity contribution is 7.92. The van der Waals surface area contributed by atoms with Gasteiger partial charge in [0.25, 0.3) is 0 Å². The Labute approximate surface area is 236 Å². The third kappa shape index (κ3) is 8.35. The fourth-order valence-corrected chi connectivity index (χ4v) is 6.23. The Balaban J connectivity index is 1.74. The van der Waals surface area contributed by atoms with E-state index in [4.69, 9.17) is 23.2 Å². The van der Waals surface area contributed by atoms with Crippen molar-refractivity contribution in [3.8, 4) is 0 Å². The first-order valence-corrected chi connectivity index (χ1v) is 15.6. The summed E-state index contributed by atoms with van der Waals surface area (Å²) in [7, 11) is -3.60. The molecule has 0 aliphatic heterocycles. The van der Waals surface area contributed by atoms with Crippen LogP contribution >= 0.6 is 23.2 Å². The third-order valence-corrected chi connectivity index (χ3v) is 8.85. The third-order valence-electron chi connectivity index (χ3n) is 7.02. The average Bonchev–Trinajstić information content (AvgIpc) is 2.86. The minimum Gasteiger partial charge on any atom is -0.352 e. The Bertz CT molecular complexity index is 1230. The number of halogens is 2. The number of amides is 2. The zero-order chi connectivity index (χ0) is 27.9. The summed E-state index contributed by atoms with van der Waals surface area (Å²) in [6, 6.07) is 11.8. The van der Waals surface area contributed by atoms with Crippen molar-refractivity contribution in [2.24, 2.45) is 0 Å². The van der Waals surface area contributed by atoms with Crippen molar-refractivity contribution in [1.82, 2.24) is 10.2 Å². The number of benzene rings is 2. The number of hydrogen-bond donors (Lipinski definition) is 1. The predicted octanol–water partition coefficient (Wildman–Crippen LogP) is 5.71. The fourth-order valence-electron chi connectivity index (χ4n) is 4.83. The minimum atomic E-state index is -3.60. The van der Waals surface area contributed by atoms with Crippen LogP contribution in [-0.2, 0) is 26.2 Å². The zero-order valence-corrected chi connectivity index (χ0v) is 24.6. The molecular formula is C28H37Cl2N3O4S. The lowest BCUT2D eigenvalue weighted by Crippen LogP contribution is -2.50. The maximum absolute atomic E-state index is 13.5. The van der Waals surface area contributed by atoms with Crippen molar-refractivity contribution < 1.29 is 18.0 Å². The second-order valence-electron chi connectivity index (χ2n) is 9.99. The monoisotopic (exact) mass is 581 g/mol. The van der Waals surface area contributed by atoms with E-state index in [1.165, 1.54) is 10.7 Å². The van der Waals surface area contributed by atoms with Crippen LogP contribution in [-0.4, -0.2) is 50.0 Å². The van der Waals surface area contributed by atoms with Crippen LogP contribution in [0.1, 0.15) is 63.0 Å². The van der Waals surface area contributed by atoms with Crippen LogP contribution < -0.4 is 9.62 Å². The molecule has 1 aliphatic carbocycles. The van der Waals surface area contributed by atoms with Gasteiger partial charge >= 0.3 is 0 Å². The van der Waals surface area contributed by atoms with Crippen molar-refractivity contribution >= 4 is 50.7 Å². The van der Waals surface area contributed by atoms with Crippen LogP contribution in [0.2, 0.25) is 10.0 Å². The number of anilines is 1. The quantitative estimate of drug-likeness (QED) is 0.368. The summed E-state index contributed by atoms with van der Waals surface area (Å²) in [6.07, 6.45) is 6.75. The molecule has 0 saturated heterocycles. The molecule has 0 bridgehead atoms. The first-order chi connectivity index (χ1) is 18.0. The van der Waals surface area contributed by atoms with Gasteiger partial charge in [0.2, 0.25) is 21.8 Å². The maximum Gasteiger partial charge on any atom is 0.242 e. The molecule has 10 heteroatoms. The summed E-state index contributed by atoms with van der Waals surface area (Å²) >= 11 is 12.4. The molecule has 0 spiro atoms.